The molecule has 1 saturated heterocycles. The van der Waals surface area contributed by atoms with Crippen LogP contribution in [0.3, 0.4) is 0 Å². The predicted octanol–water partition coefficient (Wildman–Crippen LogP) is 3.28. The zero-order valence-corrected chi connectivity index (χ0v) is 15.0. The highest BCUT2D eigenvalue weighted by atomic mass is 16.5. The summed E-state index contributed by atoms with van der Waals surface area (Å²) in [6.07, 6.45) is 3.77. The van der Waals surface area contributed by atoms with E-state index in [1.165, 1.54) is 32.5 Å². The van der Waals surface area contributed by atoms with Crippen LogP contribution >= 0.6 is 0 Å². The SMILES string of the molecule is CCN(CC)C(=O)c1ccc(OCCCCN2CC3CC3C2)cc1. The molecule has 2 aliphatic rings. The topological polar surface area (TPSA) is 32.8 Å². The number of unbranched alkanes of at least 4 members (excludes halogenated alkanes) is 1. The van der Waals surface area contributed by atoms with E-state index in [2.05, 4.69) is 4.90 Å². The zero-order valence-electron chi connectivity index (χ0n) is 15.0. The van der Waals surface area contributed by atoms with Crippen LogP contribution in [0.25, 0.3) is 0 Å². The van der Waals surface area contributed by atoms with Gasteiger partial charge >= 0.3 is 0 Å². The van der Waals surface area contributed by atoms with Crippen LogP contribution < -0.4 is 4.74 Å². The first-order valence-electron chi connectivity index (χ1n) is 9.45. The molecule has 0 bridgehead atoms. The van der Waals surface area contributed by atoms with Crippen LogP contribution in [0, 0.1) is 11.8 Å². The average Bonchev–Trinajstić information content (AvgIpc) is 3.22. The maximum absolute atomic E-state index is 12.2. The Bertz CT molecular complexity index is 529. The van der Waals surface area contributed by atoms with Gasteiger partial charge in [-0.2, -0.15) is 0 Å². The highest BCUT2D eigenvalue weighted by Crippen LogP contribution is 2.44. The van der Waals surface area contributed by atoms with Crippen molar-refractivity contribution < 1.29 is 9.53 Å². The molecule has 4 heteroatoms. The van der Waals surface area contributed by atoms with Gasteiger partial charge < -0.3 is 14.5 Å². The molecule has 0 spiro atoms. The molecule has 4 nitrogen and oxygen atoms in total. The van der Waals surface area contributed by atoms with Crippen LogP contribution in [0.15, 0.2) is 24.3 Å². The van der Waals surface area contributed by atoms with Crippen LogP contribution in [0.1, 0.15) is 43.5 Å². The van der Waals surface area contributed by atoms with E-state index >= 15 is 0 Å². The minimum atomic E-state index is 0.0928. The number of carbonyl (C=O) groups is 1. The summed E-state index contributed by atoms with van der Waals surface area (Å²) in [5.74, 6) is 3.00. The lowest BCUT2D eigenvalue weighted by atomic mass is 10.2. The van der Waals surface area contributed by atoms with Crippen molar-refractivity contribution in [2.24, 2.45) is 11.8 Å². The fraction of sp³-hybridized carbons (Fsp3) is 0.650. The first-order chi connectivity index (χ1) is 11.7. The largest absolute Gasteiger partial charge is 0.494 e. The van der Waals surface area contributed by atoms with E-state index in [1.807, 2.05) is 43.0 Å². The summed E-state index contributed by atoms with van der Waals surface area (Å²) >= 11 is 0. The van der Waals surface area contributed by atoms with Gasteiger partial charge in [-0.3, -0.25) is 4.79 Å². The van der Waals surface area contributed by atoms with Crippen LogP contribution in [0.4, 0.5) is 0 Å². The maximum Gasteiger partial charge on any atom is 0.253 e. The van der Waals surface area contributed by atoms with Crippen molar-refractivity contribution in [2.75, 3.05) is 39.3 Å². The lowest BCUT2D eigenvalue weighted by Crippen LogP contribution is -2.30. The van der Waals surface area contributed by atoms with E-state index in [4.69, 9.17) is 4.74 Å². The van der Waals surface area contributed by atoms with Gasteiger partial charge in [0.1, 0.15) is 5.75 Å². The highest BCUT2D eigenvalue weighted by molar-refractivity contribution is 5.94. The van der Waals surface area contributed by atoms with E-state index in [0.717, 1.165) is 49.3 Å². The molecule has 0 aromatic heterocycles. The smallest absolute Gasteiger partial charge is 0.253 e. The fourth-order valence-electron chi connectivity index (χ4n) is 3.69. The molecule has 1 aliphatic heterocycles. The Morgan fingerprint density at radius 1 is 1.12 bits per heavy atom. The van der Waals surface area contributed by atoms with Crippen molar-refractivity contribution in [1.82, 2.24) is 9.80 Å². The molecule has 1 heterocycles. The van der Waals surface area contributed by atoms with Crippen molar-refractivity contribution in [1.29, 1.82) is 0 Å². The summed E-state index contributed by atoms with van der Waals surface area (Å²) in [6.45, 7) is 10.1. The number of piperidine rings is 1. The van der Waals surface area contributed by atoms with Gasteiger partial charge in [-0.05, 0) is 75.8 Å². The maximum atomic E-state index is 12.2. The first-order valence-corrected chi connectivity index (χ1v) is 9.45. The average molecular weight is 330 g/mol. The number of nitrogens with zero attached hydrogens (tertiary/aromatic N) is 2. The molecule has 2 unspecified atom stereocenters. The first kappa shape index (κ1) is 17.3. The number of carbonyl (C=O) groups excluding carboxylic acids is 1. The Morgan fingerprint density at radius 2 is 1.79 bits per heavy atom. The molecular formula is C20H30N2O2. The fourth-order valence-corrected chi connectivity index (χ4v) is 3.69. The van der Waals surface area contributed by atoms with Gasteiger partial charge in [0.2, 0.25) is 0 Å². The third kappa shape index (κ3) is 4.29. The van der Waals surface area contributed by atoms with Gasteiger partial charge in [0.05, 0.1) is 6.61 Å². The second-order valence-corrected chi connectivity index (χ2v) is 7.07. The molecule has 1 amide bonds. The molecule has 0 radical (unpaired) electrons. The monoisotopic (exact) mass is 330 g/mol. The number of ether oxygens (including phenoxy) is 1. The number of likely N-dealkylation sites (tertiary alicyclic amines) is 1. The van der Waals surface area contributed by atoms with Crippen molar-refractivity contribution in [2.45, 2.75) is 33.1 Å². The van der Waals surface area contributed by atoms with Gasteiger partial charge in [-0.25, -0.2) is 0 Å². The van der Waals surface area contributed by atoms with E-state index in [1.54, 1.807) is 0 Å². The summed E-state index contributed by atoms with van der Waals surface area (Å²) in [4.78, 5) is 16.7. The Labute approximate surface area is 145 Å². The molecule has 2 fully saturated rings. The Hall–Kier alpha value is -1.55. The highest BCUT2D eigenvalue weighted by Gasteiger charge is 2.44. The van der Waals surface area contributed by atoms with Crippen molar-refractivity contribution >= 4 is 5.91 Å². The standard InChI is InChI=1S/C20H30N2O2/c1-3-22(4-2)20(23)16-7-9-19(10-8-16)24-12-6-5-11-21-14-17-13-18(17)15-21/h7-10,17-18H,3-6,11-15H2,1-2H3. The molecule has 2 atom stereocenters. The Morgan fingerprint density at radius 3 is 2.42 bits per heavy atom. The third-order valence-electron chi connectivity index (χ3n) is 5.34. The van der Waals surface area contributed by atoms with E-state index in [0.29, 0.717) is 0 Å². The van der Waals surface area contributed by atoms with Gasteiger partial charge in [-0.1, -0.05) is 0 Å². The molecule has 0 N–H and O–H groups in total. The van der Waals surface area contributed by atoms with Crippen LogP contribution in [0.5, 0.6) is 5.75 Å². The number of benzene rings is 1. The second kappa shape index (κ2) is 8.02. The molecule has 24 heavy (non-hydrogen) atoms. The van der Waals surface area contributed by atoms with Gasteiger partial charge in [-0.15, -0.1) is 0 Å². The summed E-state index contributed by atoms with van der Waals surface area (Å²) in [6, 6.07) is 7.55. The predicted molar refractivity (Wildman–Crippen MR) is 96.5 cm³/mol. The van der Waals surface area contributed by atoms with Crippen molar-refractivity contribution in [3.05, 3.63) is 29.8 Å². The molecule has 132 valence electrons. The quantitative estimate of drug-likeness (QED) is 0.652. The van der Waals surface area contributed by atoms with Crippen LogP contribution in [0.2, 0.25) is 0 Å². The summed E-state index contributed by atoms with van der Waals surface area (Å²) < 4.78 is 5.81. The molecular weight excluding hydrogens is 300 g/mol. The van der Waals surface area contributed by atoms with Crippen LogP contribution in [-0.4, -0.2) is 55.0 Å². The third-order valence-corrected chi connectivity index (χ3v) is 5.34. The minimum Gasteiger partial charge on any atom is -0.494 e. The number of hydrogen-bond acceptors (Lipinski definition) is 3. The summed E-state index contributed by atoms with van der Waals surface area (Å²) in [5.41, 5.74) is 0.735. The van der Waals surface area contributed by atoms with Gasteiger partial charge in [0, 0.05) is 31.7 Å². The van der Waals surface area contributed by atoms with Gasteiger partial charge in [0.25, 0.3) is 5.91 Å². The number of amides is 1. The molecule has 1 saturated carbocycles. The van der Waals surface area contributed by atoms with Crippen molar-refractivity contribution in [3.63, 3.8) is 0 Å². The van der Waals surface area contributed by atoms with E-state index < -0.39 is 0 Å². The lowest BCUT2D eigenvalue weighted by molar-refractivity contribution is 0.0773. The molecule has 3 rings (SSSR count). The number of hydrogen-bond donors (Lipinski definition) is 0. The summed E-state index contributed by atoms with van der Waals surface area (Å²) in [7, 11) is 0. The summed E-state index contributed by atoms with van der Waals surface area (Å²) in [5, 5.41) is 0. The zero-order chi connectivity index (χ0) is 16.9. The minimum absolute atomic E-state index is 0.0928. The normalized spacial score (nSPS) is 22.2. The Kier molecular flexibility index (Phi) is 5.77. The molecule has 1 aromatic rings. The Balaban J connectivity index is 1.34. The molecule has 1 aliphatic carbocycles. The number of fused-ring (bicyclic) bond motifs is 1. The van der Waals surface area contributed by atoms with Crippen molar-refractivity contribution in [3.8, 4) is 5.75 Å². The van der Waals surface area contributed by atoms with Gasteiger partial charge in [0.15, 0.2) is 0 Å². The number of rotatable bonds is 9. The van der Waals surface area contributed by atoms with Crippen LogP contribution in [-0.2, 0) is 0 Å². The van der Waals surface area contributed by atoms with E-state index in [9.17, 15) is 4.79 Å². The molecule has 1 aromatic carbocycles. The lowest BCUT2D eigenvalue weighted by Gasteiger charge is -2.18. The van der Waals surface area contributed by atoms with E-state index in [-0.39, 0.29) is 5.91 Å². The second-order valence-electron chi connectivity index (χ2n) is 7.07.